The number of hydrogen-bond acceptors (Lipinski definition) is 3. The van der Waals surface area contributed by atoms with E-state index >= 15 is 0 Å². The third kappa shape index (κ3) is 3.28. The number of nitrogens with zero attached hydrogens (tertiary/aromatic N) is 3. The summed E-state index contributed by atoms with van der Waals surface area (Å²) in [5.74, 6) is 0.890. The van der Waals surface area contributed by atoms with Gasteiger partial charge in [0.25, 0.3) is 0 Å². The summed E-state index contributed by atoms with van der Waals surface area (Å²) < 4.78 is 1.94. The number of piperidine rings is 3. The van der Waals surface area contributed by atoms with Crippen LogP contribution in [0.2, 0.25) is 0 Å². The molecule has 1 aromatic heterocycles. The highest BCUT2D eigenvalue weighted by Gasteiger charge is 2.34. The maximum absolute atomic E-state index is 12.2. The SMILES string of the molecule is CCn1cc(CCC(=O)NC2CN3CCC2CC3)c(C)n1. The van der Waals surface area contributed by atoms with Crippen LogP contribution in [0.25, 0.3) is 0 Å². The minimum Gasteiger partial charge on any atom is -0.352 e. The molecule has 5 nitrogen and oxygen atoms in total. The summed E-state index contributed by atoms with van der Waals surface area (Å²) in [7, 11) is 0. The van der Waals surface area contributed by atoms with E-state index in [-0.39, 0.29) is 5.91 Å². The van der Waals surface area contributed by atoms with E-state index in [4.69, 9.17) is 0 Å². The van der Waals surface area contributed by atoms with Crippen molar-refractivity contribution in [3.63, 3.8) is 0 Å². The zero-order valence-corrected chi connectivity index (χ0v) is 13.1. The Kier molecular flexibility index (Phi) is 4.29. The Balaban J connectivity index is 1.49. The number of fused-ring (bicyclic) bond motifs is 3. The number of carbonyl (C=O) groups is 1. The van der Waals surface area contributed by atoms with Crippen molar-refractivity contribution in [1.29, 1.82) is 0 Å². The Morgan fingerprint density at radius 3 is 2.76 bits per heavy atom. The van der Waals surface area contributed by atoms with Gasteiger partial charge in [-0.25, -0.2) is 0 Å². The highest BCUT2D eigenvalue weighted by molar-refractivity contribution is 5.76. The van der Waals surface area contributed by atoms with Crippen LogP contribution in [0.5, 0.6) is 0 Å². The number of amides is 1. The van der Waals surface area contributed by atoms with E-state index in [0.717, 1.165) is 25.2 Å². The molecule has 3 aliphatic rings. The van der Waals surface area contributed by atoms with Gasteiger partial charge in [-0.3, -0.25) is 9.48 Å². The van der Waals surface area contributed by atoms with Gasteiger partial charge in [0.2, 0.25) is 5.91 Å². The molecule has 116 valence electrons. The van der Waals surface area contributed by atoms with Gasteiger partial charge in [0.15, 0.2) is 0 Å². The van der Waals surface area contributed by atoms with Crippen LogP contribution in [0, 0.1) is 12.8 Å². The van der Waals surface area contributed by atoms with Crippen molar-refractivity contribution in [1.82, 2.24) is 20.0 Å². The van der Waals surface area contributed by atoms with Crippen molar-refractivity contribution in [2.75, 3.05) is 19.6 Å². The molecule has 21 heavy (non-hydrogen) atoms. The highest BCUT2D eigenvalue weighted by atomic mass is 16.1. The Morgan fingerprint density at radius 2 is 2.19 bits per heavy atom. The first-order valence-corrected chi connectivity index (χ1v) is 8.20. The summed E-state index contributed by atoms with van der Waals surface area (Å²) in [4.78, 5) is 14.7. The Hall–Kier alpha value is -1.36. The summed E-state index contributed by atoms with van der Waals surface area (Å²) in [5, 5.41) is 7.69. The maximum Gasteiger partial charge on any atom is 0.220 e. The van der Waals surface area contributed by atoms with Gasteiger partial charge in [-0.05, 0) is 57.7 Å². The third-order valence-corrected chi connectivity index (χ3v) is 5.00. The fraction of sp³-hybridized carbons (Fsp3) is 0.750. The van der Waals surface area contributed by atoms with E-state index in [1.807, 2.05) is 11.6 Å². The molecule has 0 radical (unpaired) electrons. The van der Waals surface area contributed by atoms with Crippen molar-refractivity contribution in [2.24, 2.45) is 5.92 Å². The highest BCUT2D eigenvalue weighted by Crippen LogP contribution is 2.27. The van der Waals surface area contributed by atoms with Crippen LogP contribution < -0.4 is 5.32 Å². The molecule has 0 spiro atoms. The summed E-state index contributed by atoms with van der Waals surface area (Å²) >= 11 is 0. The van der Waals surface area contributed by atoms with E-state index in [9.17, 15) is 4.79 Å². The molecule has 2 bridgehead atoms. The van der Waals surface area contributed by atoms with Gasteiger partial charge in [0.1, 0.15) is 0 Å². The predicted octanol–water partition coefficient (Wildman–Crippen LogP) is 1.35. The fourth-order valence-corrected chi connectivity index (χ4v) is 3.62. The lowest BCUT2D eigenvalue weighted by Gasteiger charge is -2.44. The molecule has 1 aromatic rings. The van der Waals surface area contributed by atoms with E-state index in [1.54, 1.807) is 0 Å². The Morgan fingerprint density at radius 1 is 1.43 bits per heavy atom. The van der Waals surface area contributed by atoms with Crippen molar-refractivity contribution in [2.45, 2.75) is 52.1 Å². The summed E-state index contributed by atoms with van der Waals surface area (Å²) in [6, 6.07) is 0.375. The lowest BCUT2D eigenvalue weighted by molar-refractivity contribution is -0.123. The minimum absolute atomic E-state index is 0.192. The quantitative estimate of drug-likeness (QED) is 0.890. The first-order chi connectivity index (χ1) is 10.2. The van der Waals surface area contributed by atoms with E-state index in [2.05, 4.69) is 28.4 Å². The second-order valence-electron chi connectivity index (χ2n) is 6.41. The first-order valence-electron chi connectivity index (χ1n) is 8.20. The Labute approximate surface area is 126 Å². The number of hydrogen-bond donors (Lipinski definition) is 1. The molecule has 0 aliphatic carbocycles. The van der Waals surface area contributed by atoms with Gasteiger partial charge in [-0.2, -0.15) is 5.10 Å². The second kappa shape index (κ2) is 6.18. The summed E-state index contributed by atoms with van der Waals surface area (Å²) in [6.45, 7) is 8.46. The van der Waals surface area contributed by atoms with Crippen molar-refractivity contribution < 1.29 is 4.79 Å². The third-order valence-electron chi connectivity index (χ3n) is 5.00. The van der Waals surface area contributed by atoms with Gasteiger partial charge in [0.05, 0.1) is 5.69 Å². The molecular weight excluding hydrogens is 264 g/mol. The average molecular weight is 290 g/mol. The lowest BCUT2D eigenvalue weighted by atomic mass is 9.84. The second-order valence-corrected chi connectivity index (χ2v) is 6.41. The number of aromatic nitrogens is 2. The molecule has 0 saturated carbocycles. The molecule has 1 amide bonds. The predicted molar refractivity (Wildman–Crippen MR) is 82.1 cm³/mol. The molecule has 0 aromatic carbocycles. The number of nitrogens with one attached hydrogen (secondary N) is 1. The summed E-state index contributed by atoms with van der Waals surface area (Å²) in [6.07, 6.45) is 5.91. The van der Waals surface area contributed by atoms with Crippen molar-refractivity contribution >= 4 is 5.91 Å². The minimum atomic E-state index is 0.192. The van der Waals surface area contributed by atoms with Crippen LogP contribution in [0.4, 0.5) is 0 Å². The monoisotopic (exact) mass is 290 g/mol. The van der Waals surface area contributed by atoms with Gasteiger partial charge in [0, 0.05) is 31.7 Å². The van der Waals surface area contributed by atoms with Gasteiger partial charge < -0.3 is 10.2 Å². The van der Waals surface area contributed by atoms with Crippen molar-refractivity contribution in [3.05, 3.63) is 17.5 Å². The topological polar surface area (TPSA) is 50.2 Å². The normalized spacial score (nSPS) is 27.8. The smallest absolute Gasteiger partial charge is 0.220 e. The zero-order chi connectivity index (χ0) is 14.8. The molecule has 3 saturated heterocycles. The number of rotatable bonds is 5. The van der Waals surface area contributed by atoms with E-state index in [1.165, 1.54) is 31.5 Å². The molecule has 4 heterocycles. The van der Waals surface area contributed by atoms with Crippen LogP contribution in [0.1, 0.15) is 37.4 Å². The largest absolute Gasteiger partial charge is 0.352 e. The van der Waals surface area contributed by atoms with Crippen LogP contribution in [0.15, 0.2) is 6.20 Å². The van der Waals surface area contributed by atoms with Gasteiger partial charge in [-0.15, -0.1) is 0 Å². The molecule has 4 rings (SSSR count). The molecule has 1 unspecified atom stereocenters. The number of carbonyl (C=O) groups excluding carboxylic acids is 1. The molecule has 1 N–H and O–H groups in total. The van der Waals surface area contributed by atoms with E-state index in [0.29, 0.717) is 18.4 Å². The van der Waals surface area contributed by atoms with Gasteiger partial charge in [-0.1, -0.05) is 0 Å². The zero-order valence-electron chi connectivity index (χ0n) is 13.1. The molecule has 5 heteroatoms. The average Bonchev–Trinajstić information content (AvgIpc) is 2.87. The van der Waals surface area contributed by atoms with Crippen LogP contribution in [0.3, 0.4) is 0 Å². The standard InChI is InChI=1S/C16H26N4O/c1-3-20-10-14(12(2)18-20)4-5-16(21)17-15-11-19-8-6-13(15)7-9-19/h10,13,15H,3-9,11H2,1-2H3,(H,17,21). The maximum atomic E-state index is 12.2. The van der Waals surface area contributed by atoms with Gasteiger partial charge >= 0.3 is 0 Å². The van der Waals surface area contributed by atoms with Crippen LogP contribution in [-0.4, -0.2) is 46.3 Å². The van der Waals surface area contributed by atoms with Crippen LogP contribution >= 0.6 is 0 Å². The van der Waals surface area contributed by atoms with E-state index < -0.39 is 0 Å². The molecular formula is C16H26N4O. The molecule has 1 atom stereocenters. The molecule has 3 aliphatic heterocycles. The molecule has 3 fully saturated rings. The Bertz CT molecular complexity index is 502. The van der Waals surface area contributed by atoms with Crippen molar-refractivity contribution in [3.8, 4) is 0 Å². The number of aryl methyl sites for hydroxylation is 3. The van der Waals surface area contributed by atoms with Crippen LogP contribution in [-0.2, 0) is 17.8 Å². The fourth-order valence-electron chi connectivity index (χ4n) is 3.62. The first kappa shape index (κ1) is 14.6. The summed E-state index contributed by atoms with van der Waals surface area (Å²) in [5.41, 5.74) is 2.24. The lowest BCUT2D eigenvalue weighted by Crippen LogP contribution is -2.57.